The van der Waals surface area contributed by atoms with Gasteiger partial charge in [-0.1, -0.05) is 11.6 Å². The Morgan fingerprint density at radius 3 is 2.82 bits per heavy atom. The van der Waals surface area contributed by atoms with Crippen molar-refractivity contribution in [2.24, 2.45) is 5.92 Å². The molecule has 0 amide bonds. The van der Waals surface area contributed by atoms with Gasteiger partial charge in [-0.3, -0.25) is 0 Å². The normalized spacial score (nSPS) is 17.1. The Morgan fingerprint density at radius 1 is 1.35 bits per heavy atom. The Balaban J connectivity index is 1.75. The summed E-state index contributed by atoms with van der Waals surface area (Å²) in [5.74, 6) is 0.440. The number of halogens is 2. The molecule has 2 N–H and O–H groups in total. The Bertz CT molecular complexity index is 364. The zero-order valence-electron chi connectivity index (χ0n) is 9.81. The summed E-state index contributed by atoms with van der Waals surface area (Å²) in [6.45, 7) is 3.19. The fourth-order valence-electron chi connectivity index (χ4n) is 2.20. The third kappa shape index (κ3) is 3.86. The molecule has 94 valence electrons. The van der Waals surface area contributed by atoms with E-state index in [4.69, 9.17) is 11.6 Å². The summed E-state index contributed by atoms with van der Waals surface area (Å²) in [6, 6.07) is 4.76. The van der Waals surface area contributed by atoms with Crippen molar-refractivity contribution < 1.29 is 4.39 Å². The molecular formula is C13H18ClFN2. The van der Waals surface area contributed by atoms with Gasteiger partial charge in [0.15, 0.2) is 0 Å². The van der Waals surface area contributed by atoms with Crippen LogP contribution in [0.25, 0.3) is 0 Å². The summed E-state index contributed by atoms with van der Waals surface area (Å²) >= 11 is 5.72. The van der Waals surface area contributed by atoms with Gasteiger partial charge in [0.2, 0.25) is 0 Å². The monoisotopic (exact) mass is 256 g/mol. The average Bonchev–Trinajstić information content (AvgIpc) is 2.35. The lowest BCUT2D eigenvalue weighted by Crippen LogP contribution is -2.28. The first-order valence-corrected chi connectivity index (χ1v) is 6.53. The Morgan fingerprint density at radius 2 is 2.12 bits per heavy atom. The molecule has 2 nitrogen and oxygen atoms in total. The lowest BCUT2D eigenvalue weighted by atomic mass is 9.95. The van der Waals surface area contributed by atoms with Crippen molar-refractivity contribution in [2.45, 2.75) is 19.3 Å². The molecule has 1 fully saturated rings. The molecule has 1 heterocycles. The summed E-state index contributed by atoms with van der Waals surface area (Å²) in [4.78, 5) is 0. The van der Waals surface area contributed by atoms with Gasteiger partial charge in [-0.2, -0.15) is 0 Å². The van der Waals surface area contributed by atoms with E-state index in [0.717, 1.165) is 37.7 Å². The lowest BCUT2D eigenvalue weighted by molar-refractivity contribution is 0.361. The fourth-order valence-corrected chi connectivity index (χ4v) is 2.38. The standard InChI is InChI=1S/C13H18ClFN2/c14-12-9-11(1-2-13(12)15)17-8-5-10-3-6-16-7-4-10/h1-2,9-10,16-17H,3-8H2. The third-order valence-electron chi connectivity index (χ3n) is 3.26. The van der Waals surface area contributed by atoms with Crippen LogP contribution < -0.4 is 10.6 Å². The largest absolute Gasteiger partial charge is 0.385 e. The number of hydrogen-bond donors (Lipinski definition) is 2. The Labute approximate surface area is 107 Å². The molecule has 1 aromatic rings. The molecule has 0 aliphatic carbocycles. The zero-order chi connectivity index (χ0) is 12.1. The van der Waals surface area contributed by atoms with E-state index in [0.29, 0.717) is 0 Å². The number of anilines is 1. The minimum absolute atomic E-state index is 0.178. The summed E-state index contributed by atoms with van der Waals surface area (Å²) in [7, 11) is 0. The first kappa shape index (κ1) is 12.7. The van der Waals surface area contributed by atoms with Crippen molar-refractivity contribution in [1.29, 1.82) is 0 Å². The molecule has 0 radical (unpaired) electrons. The lowest BCUT2D eigenvalue weighted by Gasteiger charge is -2.22. The highest BCUT2D eigenvalue weighted by atomic mass is 35.5. The molecule has 1 saturated heterocycles. The second-order valence-corrected chi connectivity index (χ2v) is 4.94. The summed E-state index contributed by atoms with van der Waals surface area (Å²) in [5.41, 5.74) is 0.894. The van der Waals surface area contributed by atoms with Crippen LogP contribution in [0.2, 0.25) is 5.02 Å². The van der Waals surface area contributed by atoms with Crippen LogP contribution in [-0.4, -0.2) is 19.6 Å². The first-order valence-electron chi connectivity index (χ1n) is 6.15. The zero-order valence-corrected chi connectivity index (χ0v) is 10.6. The van der Waals surface area contributed by atoms with Gasteiger partial charge >= 0.3 is 0 Å². The molecule has 0 unspecified atom stereocenters. The predicted octanol–water partition coefficient (Wildman–Crippen LogP) is 3.28. The van der Waals surface area contributed by atoms with Gasteiger partial charge in [-0.05, 0) is 56.5 Å². The highest BCUT2D eigenvalue weighted by Crippen LogP contribution is 2.20. The van der Waals surface area contributed by atoms with Gasteiger partial charge in [0.1, 0.15) is 5.82 Å². The summed E-state index contributed by atoms with van der Waals surface area (Å²) in [6.07, 6.45) is 3.67. The minimum Gasteiger partial charge on any atom is -0.385 e. The number of benzene rings is 1. The Hall–Kier alpha value is -0.800. The highest BCUT2D eigenvalue weighted by Gasteiger charge is 2.12. The van der Waals surface area contributed by atoms with Crippen LogP contribution in [0.3, 0.4) is 0 Å². The first-order chi connectivity index (χ1) is 8.25. The number of hydrogen-bond acceptors (Lipinski definition) is 2. The van der Waals surface area contributed by atoms with E-state index >= 15 is 0 Å². The number of nitrogens with one attached hydrogen (secondary N) is 2. The van der Waals surface area contributed by atoms with Crippen LogP contribution in [-0.2, 0) is 0 Å². The van der Waals surface area contributed by atoms with Crippen molar-refractivity contribution in [1.82, 2.24) is 5.32 Å². The molecule has 2 rings (SSSR count). The van der Waals surface area contributed by atoms with Crippen molar-refractivity contribution in [3.8, 4) is 0 Å². The SMILES string of the molecule is Fc1ccc(NCCC2CCNCC2)cc1Cl. The quantitative estimate of drug-likeness (QED) is 0.864. The average molecular weight is 257 g/mol. The van der Waals surface area contributed by atoms with Crippen molar-refractivity contribution in [2.75, 3.05) is 25.0 Å². The van der Waals surface area contributed by atoms with Gasteiger partial charge in [-0.25, -0.2) is 4.39 Å². The van der Waals surface area contributed by atoms with Gasteiger partial charge in [-0.15, -0.1) is 0 Å². The summed E-state index contributed by atoms with van der Waals surface area (Å²) < 4.78 is 12.9. The van der Waals surface area contributed by atoms with E-state index in [2.05, 4.69) is 10.6 Å². The molecule has 1 aromatic carbocycles. The third-order valence-corrected chi connectivity index (χ3v) is 3.55. The molecule has 0 atom stereocenters. The second-order valence-electron chi connectivity index (χ2n) is 4.54. The van der Waals surface area contributed by atoms with E-state index in [1.165, 1.54) is 18.9 Å². The highest BCUT2D eigenvalue weighted by molar-refractivity contribution is 6.31. The fraction of sp³-hybridized carbons (Fsp3) is 0.538. The topological polar surface area (TPSA) is 24.1 Å². The number of piperidine rings is 1. The van der Waals surface area contributed by atoms with E-state index in [-0.39, 0.29) is 10.8 Å². The van der Waals surface area contributed by atoms with E-state index in [9.17, 15) is 4.39 Å². The van der Waals surface area contributed by atoms with Crippen LogP contribution in [0.5, 0.6) is 0 Å². The van der Waals surface area contributed by atoms with Crippen LogP contribution >= 0.6 is 11.6 Å². The maximum absolute atomic E-state index is 12.9. The molecule has 0 aromatic heterocycles. The number of rotatable bonds is 4. The van der Waals surface area contributed by atoms with Crippen LogP contribution in [0.1, 0.15) is 19.3 Å². The molecule has 1 aliphatic rings. The van der Waals surface area contributed by atoms with Crippen molar-refractivity contribution in [3.05, 3.63) is 29.0 Å². The maximum Gasteiger partial charge on any atom is 0.141 e. The molecule has 4 heteroatoms. The maximum atomic E-state index is 12.9. The van der Waals surface area contributed by atoms with Gasteiger partial charge in [0.25, 0.3) is 0 Å². The van der Waals surface area contributed by atoms with Crippen LogP contribution in [0, 0.1) is 11.7 Å². The molecule has 0 spiro atoms. The molecule has 17 heavy (non-hydrogen) atoms. The van der Waals surface area contributed by atoms with E-state index < -0.39 is 0 Å². The molecule has 0 saturated carbocycles. The van der Waals surface area contributed by atoms with Gasteiger partial charge in [0, 0.05) is 12.2 Å². The smallest absolute Gasteiger partial charge is 0.141 e. The van der Waals surface area contributed by atoms with Gasteiger partial charge in [0.05, 0.1) is 5.02 Å². The summed E-state index contributed by atoms with van der Waals surface area (Å²) in [5, 5.41) is 6.82. The minimum atomic E-state index is -0.365. The van der Waals surface area contributed by atoms with E-state index in [1.54, 1.807) is 12.1 Å². The van der Waals surface area contributed by atoms with Crippen molar-refractivity contribution in [3.63, 3.8) is 0 Å². The second kappa shape index (κ2) is 6.22. The van der Waals surface area contributed by atoms with Gasteiger partial charge < -0.3 is 10.6 Å². The molecule has 1 aliphatic heterocycles. The molecule has 0 bridgehead atoms. The van der Waals surface area contributed by atoms with E-state index in [1.807, 2.05) is 0 Å². The predicted molar refractivity (Wildman–Crippen MR) is 70.1 cm³/mol. The van der Waals surface area contributed by atoms with Crippen LogP contribution in [0.15, 0.2) is 18.2 Å². The Kier molecular flexibility index (Phi) is 4.63. The van der Waals surface area contributed by atoms with Crippen molar-refractivity contribution >= 4 is 17.3 Å². The molecular weight excluding hydrogens is 239 g/mol. The van der Waals surface area contributed by atoms with Crippen LogP contribution in [0.4, 0.5) is 10.1 Å².